The molecule has 0 spiro atoms. The fourth-order valence-corrected chi connectivity index (χ4v) is 3.13. The number of anilines is 1. The van der Waals surface area contributed by atoms with Crippen molar-refractivity contribution in [3.8, 4) is 23.0 Å². The van der Waals surface area contributed by atoms with Gasteiger partial charge in [-0.2, -0.15) is 4.98 Å². The molecular formula is C22H24N6O3. The van der Waals surface area contributed by atoms with Crippen LogP contribution in [-0.4, -0.2) is 49.8 Å². The van der Waals surface area contributed by atoms with Gasteiger partial charge in [0.1, 0.15) is 5.60 Å². The van der Waals surface area contributed by atoms with Crippen LogP contribution < -0.4 is 5.73 Å². The Morgan fingerprint density at radius 1 is 1.19 bits per heavy atom. The van der Waals surface area contributed by atoms with Crippen molar-refractivity contribution in [2.45, 2.75) is 32.8 Å². The number of aromatic nitrogens is 4. The van der Waals surface area contributed by atoms with E-state index in [2.05, 4.69) is 20.1 Å². The lowest BCUT2D eigenvalue weighted by molar-refractivity contribution is 0.0270. The number of hydrogen-bond donors (Lipinski definition) is 1. The van der Waals surface area contributed by atoms with Gasteiger partial charge in [0.2, 0.25) is 5.82 Å². The van der Waals surface area contributed by atoms with E-state index in [-0.39, 0.29) is 17.7 Å². The third-order valence-electron chi connectivity index (χ3n) is 4.65. The van der Waals surface area contributed by atoms with E-state index in [0.717, 1.165) is 11.1 Å². The predicted octanol–water partition coefficient (Wildman–Crippen LogP) is 3.80. The molecule has 0 saturated carbocycles. The molecule has 1 aromatic carbocycles. The zero-order chi connectivity index (χ0) is 22.0. The van der Waals surface area contributed by atoms with Crippen molar-refractivity contribution < 1.29 is 14.1 Å². The Morgan fingerprint density at radius 2 is 1.97 bits per heavy atom. The SMILES string of the molecule is CC(C)(C)OC(=O)N1CC=C(c2cnc(N)c(-c3noc(-c4ccccc4)n3)n2)CC1. The Labute approximate surface area is 179 Å². The van der Waals surface area contributed by atoms with E-state index in [9.17, 15) is 4.79 Å². The molecule has 160 valence electrons. The molecule has 1 aliphatic rings. The largest absolute Gasteiger partial charge is 0.444 e. The van der Waals surface area contributed by atoms with Gasteiger partial charge in [-0.25, -0.2) is 14.8 Å². The molecule has 2 N–H and O–H groups in total. The highest BCUT2D eigenvalue weighted by Gasteiger charge is 2.25. The molecule has 0 atom stereocenters. The van der Waals surface area contributed by atoms with Gasteiger partial charge in [0, 0.05) is 18.7 Å². The third-order valence-corrected chi connectivity index (χ3v) is 4.65. The predicted molar refractivity (Wildman–Crippen MR) is 116 cm³/mol. The van der Waals surface area contributed by atoms with Crippen LogP contribution in [0.5, 0.6) is 0 Å². The molecule has 2 aromatic heterocycles. The maximum atomic E-state index is 12.3. The molecule has 31 heavy (non-hydrogen) atoms. The monoisotopic (exact) mass is 420 g/mol. The Kier molecular flexibility index (Phi) is 5.41. The summed E-state index contributed by atoms with van der Waals surface area (Å²) in [4.78, 5) is 27.2. The number of nitrogens with two attached hydrogens (primary N) is 1. The van der Waals surface area contributed by atoms with Gasteiger partial charge in [-0.15, -0.1) is 0 Å². The van der Waals surface area contributed by atoms with Gasteiger partial charge in [0.25, 0.3) is 5.89 Å². The number of rotatable bonds is 3. The molecule has 1 amide bonds. The van der Waals surface area contributed by atoms with E-state index < -0.39 is 5.60 Å². The molecule has 0 radical (unpaired) electrons. The van der Waals surface area contributed by atoms with Gasteiger partial charge in [0.15, 0.2) is 11.5 Å². The minimum absolute atomic E-state index is 0.218. The standard InChI is InChI=1S/C22H24N6O3/c1-22(2,3)30-21(29)28-11-9-14(10-12-28)16-13-24-18(23)17(25-16)19-26-20(31-27-19)15-7-5-4-6-8-15/h4-9,13H,10-12H2,1-3H3,(H2,23,24). The van der Waals surface area contributed by atoms with Crippen LogP contribution in [-0.2, 0) is 4.74 Å². The van der Waals surface area contributed by atoms with E-state index in [1.54, 1.807) is 11.1 Å². The second-order valence-corrected chi connectivity index (χ2v) is 8.18. The maximum absolute atomic E-state index is 12.3. The topological polar surface area (TPSA) is 120 Å². The first-order valence-electron chi connectivity index (χ1n) is 9.99. The van der Waals surface area contributed by atoms with Gasteiger partial charge < -0.3 is 19.9 Å². The van der Waals surface area contributed by atoms with Gasteiger partial charge in [0.05, 0.1) is 11.9 Å². The van der Waals surface area contributed by atoms with Crippen molar-refractivity contribution in [2.24, 2.45) is 0 Å². The minimum Gasteiger partial charge on any atom is -0.444 e. The number of benzene rings is 1. The van der Waals surface area contributed by atoms with Crippen molar-refractivity contribution in [2.75, 3.05) is 18.8 Å². The summed E-state index contributed by atoms with van der Waals surface area (Å²) in [6.45, 7) is 6.52. The van der Waals surface area contributed by atoms with Gasteiger partial charge in [-0.3, -0.25) is 0 Å². The second-order valence-electron chi connectivity index (χ2n) is 8.18. The number of ether oxygens (including phenoxy) is 1. The molecule has 0 bridgehead atoms. The summed E-state index contributed by atoms with van der Waals surface area (Å²) >= 11 is 0. The number of nitrogens with zero attached hydrogens (tertiary/aromatic N) is 5. The first-order chi connectivity index (χ1) is 14.8. The molecular weight excluding hydrogens is 396 g/mol. The van der Waals surface area contributed by atoms with Crippen LogP contribution in [0.2, 0.25) is 0 Å². The van der Waals surface area contributed by atoms with Crippen molar-refractivity contribution >= 4 is 17.5 Å². The number of hydrogen-bond acceptors (Lipinski definition) is 8. The molecule has 9 nitrogen and oxygen atoms in total. The zero-order valence-electron chi connectivity index (χ0n) is 17.7. The minimum atomic E-state index is -0.526. The summed E-state index contributed by atoms with van der Waals surface area (Å²) in [5, 5.41) is 4.02. The Bertz CT molecular complexity index is 1120. The molecule has 3 heterocycles. The van der Waals surface area contributed by atoms with Crippen LogP contribution in [0.1, 0.15) is 32.9 Å². The van der Waals surface area contributed by atoms with E-state index >= 15 is 0 Å². The summed E-state index contributed by atoms with van der Waals surface area (Å²) in [6.07, 6.45) is 3.86. The highest BCUT2D eigenvalue weighted by atomic mass is 16.6. The van der Waals surface area contributed by atoms with Crippen molar-refractivity contribution in [1.29, 1.82) is 0 Å². The average Bonchev–Trinajstić information content (AvgIpc) is 3.24. The summed E-state index contributed by atoms with van der Waals surface area (Å²) in [7, 11) is 0. The van der Waals surface area contributed by atoms with E-state index in [1.165, 1.54) is 0 Å². The van der Waals surface area contributed by atoms with Gasteiger partial charge in [-0.1, -0.05) is 29.4 Å². The van der Waals surface area contributed by atoms with Crippen LogP contribution in [0.3, 0.4) is 0 Å². The summed E-state index contributed by atoms with van der Waals surface area (Å²) in [6, 6.07) is 9.46. The van der Waals surface area contributed by atoms with Crippen molar-refractivity contribution in [1.82, 2.24) is 25.0 Å². The third kappa shape index (κ3) is 4.71. The number of nitrogen functional groups attached to an aromatic ring is 1. The fraction of sp³-hybridized carbons (Fsp3) is 0.318. The normalized spacial score (nSPS) is 14.3. The lowest BCUT2D eigenvalue weighted by Gasteiger charge is -2.29. The fourth-order valence-electron chi connectivity index (χ4n) is 3.13. The quantitative estimate of drug-likeness (QED) is 0.679. The van der Waals surface area contributed by atoms with Crippen LogP contribution >= 0.6 is 0 Å². The molecule has 4 rings (SSSR count). The van der Waals surface area contributed by atoms with Crippen molar-refractivity contribution in [3.63, 3.8) is 0 Å². The van der Waals surface area contributed by atoms with Crippen LogP contribution in [0.15, 0.2) is 47.1 Å². The molecule has 0 unspecified atom stereocenters. The first kappa shape index (κ1) is 20.5. The highest BCUT2D eigenvalue weighted by molar-refractivity contribution is 5.73. The molecule has 9 heteroatoms. The van der Waals surface area contributed by atoms with Gasteiger partial charge in [-0.05, 0) is 44.9 Å². The van der Waals surface area contributed by atoms with Crippen LogP contribution in [0.25, 0.3) is 28.5 Å². The highest BCUT2D eigenvalue weighted by Crippen LogP contribution is 2.27. The Hall–Kier alpha value is -3.75. The van der Waals surface area contributed by atoms with Crippen molar-refractivity contribution in [3.05, 3.63) is 48.3 Å². The maximum Gasteiger partial charge on any atom is 0.410 e. The average molecular weight is 420 g/mol. The lowest BCUT2D eigenvalue weighted by atomic mass is 10.1. The number of carbonyl (C=O) groups excluding carboxylic acids is 1. The molecule has 1 aliphatic heterocycles. The first-order valence-corrected chi connectivity index (χ1v) is 9.99. The van der Waals surface area contributed by atoms with Crippen LogP contribution in [0.4, 0.5) is 10.6 Å². The molecule has 0 saturated heterocycles. The zero-order valence-corrected chi connectivity index (χ0v) is 17.7. The van der Waals surface area contributed by atoms with E-state index in [1.807, 2.05) is 57.2 Å². The molecule has 0 aliphatic carbocycles. The van der Waals surface area contributed by atoms with Gasteiger partial charge >= 0.3 is 6.09 Å². The van der Waals surface area contributed by atoms with E-state index in [0.29, 0.717) is 36.8 Å². The second kappa shape index (κ2) is 8.17. The summed E-state index contributed by atoms with van der Waals surface area (Å²) in [5.74, 6) is 0.875. The molecule has 0 fully saturated rings. The Morgan fingerprint density at radius 3 is 2.65 bits per heavy atom. The summed E-state index contributed by atoms with van der Waals surface area (Å²) < 4.78 is 10.8. The molecule has 3 aromatic rings. The number of carbonyl (C=O) groups is 1. The van der Waals surface area contributed by atoms with Crippen LogP contribution in [0, 0.1) is 0 Å². The smallest absolute Gasteiger partial charge is 0.410 e. The summed E-state index contributed by atoms with van der Waals surface area (Å²) in [5.41, 5.74) is 8.31. The van der Waals surface area contributed by atoms with E-state index in [4.69, 9.17) is 15.0 Å². The number of amides is 1. The Balaban J connectivity index is 1.54. The lowest BCUT2D eigenvalue weighted by Crippen LogP contribution is -2.39.